The number of hydrogen-bond acceptors (Lipinski definition) is 2. The van der Waals surface area contributed by atoms with Gasteiger partial charge in [0.05, 0.1) is 6.04 Å². The largest absolute Gasteiger partial charge is 0.271 e. The SMILES string of the molecule is CCC(CC)C(NN)c1ccc(C)cc1F. The van der Waals surface area contributed by atoms with Crippen molar-refractivity contribution in [1.82, 2.24) is 5.43 Å². The fraction of sp³-hybridized carbons (Fsp3) is 0.538. The van der Waals surface area contributed by atoms with Gasteiger partial charge >= 0.3 is 0 Å². The first-order chi connectivity index (χ1) is 7.63. The number of benzene rings is 1. The quantitative estimate of drug-likeness (QED) is 0.596. The normalized spacial score (nSPS) is 13.1. The van der Waals surface area contributed by atoms with Crippen molar-refractivity contribution in [2.45, 2.75) is 39.7 Å². The molecule has 3 heteroatoms. The van der Waals surface area contributed by atoms with Gasteiger partial charge in [-0.2, -0.15) is 0 Å². The Balaban J connectivity index is 3.03. The average Bonchev–Trinajstić information content (AvgIpc) is 2.27. The van der Waals surface area contributed by atoms with E-state index in [1.165, 1.54) is 0 Å². The van der Waals surface area contributed by atoms with Crippen molar-refractivity contribution >= 4 is 0 Å². The molecule has 1 atom stereocenters. The maximum Gasteiger partial charge on any atom is 0.128 e. The van der Waals surface area contributed by atoms with Crippen LogP contribution in [0.2, 0.25) is 0 Å². The number of halogens is 1. The van der Waals surface area contributed by atoms with E-state index in [1.54, 1.807) is 6.07 Å². The van der Waals surface area contributed by atoms with Gasteiger partial charge in [0.25, 0.3) is 0 Å². The van der Waals surface area contributed by atoms with Gasteiger partial charge in [-0.05, 0) is 24.5 Å². The minimum atomic E-state index is -0.171. The minimum absolute atomic E-state index is 0.101. The van der Waals surface area contributed by atoms with Crippen LogP contribution in [0.15, 0.2) is 18.2 Å². The molecular weight excluding hydrogens is 203 g/mol. The van der Waals surface area contributed by atoms with Crippen LogP contribution in [0.3, 0.4) is 0 Å². The lowest BCUT2D eigenvalue weighted by atomic mass is 9.88. The Morgan fingerprint density at radius 1 is 1.31 bits per heavy atom. The molecule has 0 heterocycles. The molecule has 0 aliphatic heterocycles. The summed E-state index contributed by atoms with van der Waals surface area (Å²) in [7, 11) is 0. The summed E-state index contributed by atoms with van der Waals surface area (Å²) in [5, 5.41) is 0. The van der Waals surface area contributed by atoms with Gasteiger partial charge in [-0.15, -0.1) is 0 Å². The summed E-state index contributed by atoms with van der Waals surface area (Å²) in [5.41, 5.74) is 4.34. The van der Waals surface area contributed by atoms with E-state index >= 15 is 0 Å². The molecule has 0 bridgehead atoms. The van der Waals surface area contributed by atoms with Crippen LogP contribution in [0, 0.1) is 18.7 Å². The van der Waals surface area contributed by atoms with Gasteiger partial charge in [0.1, 0.15) is 5.82 Å². The van der Waals surface area contributed by atoms with E-state index in [4.69, 9.17) is 5.84 Å². The highest BCUT2D eigenvalue weighted by atomic mass is 19.1. The molecule has 0 saturated heterocycles. The third-order valence-electron chi connectivity index (χ3n) is 3.19. The molecule has 2 nitrogen and oxygen atoms in total. The molecule has 0 amide bonds. The molecule has 1 unspecified atom stereocenters. The van der Waals surface area contributed by atoms with Crippen molar-refractivity contribution < 1.29 is 4.39 Å². The molecule has 90 valence electrons. The number of rotatable bonds is 5. The molecule has 0 fully saturated rings. The van der Waals surface area contributed by atoms with Crippen LogP contribution in [0.5, 0.6) is 0 Å². The topological polar surface area (TPSA) is 38.0 Å². The van der Waals surface area contributed by atoms with Crippen molar-refractivity contribution in [2.24, 2.45) is 11.8 Å². The van der Waals surface area contributed by atoms with Crippen molar-refractivity contribution in [2.75, 3.05) is 0 Å². The molecule has 0 spiro atoms. The summed E-state index contributed by atoms with van der Waals surface area (Å²) in [5.74, 6) is 5.74. The molecule has 1 aromatic rings. The molecule has 0 saturated carbocycles. The van der Waals surface area contributed by atoms with E-state index in [-0.39, 0.29) is 11.9 Å². The third-order valence-corrected chi connectivity index (χ3v) is 3.19. The van der Waals surface area contributed by atoms with E-state index in [0.29, 0.717) is 11.5 Å². The second-order valence-electron chi connectivity index (χ2n) is 4.25. The van der Waals surface area contributed by atoms with Gasteiger partial charge in [-0.3, -0.25) is 11.3 Å². The van der Waals surface area contributed by atoms with Gasteiger partial charge in [0.2, 0.25) is 0 Å². The lowest BCUT2D eigenvalue weighted by Crippen LogP contribution is -2.33. The molecular formula is C13H21FN2. The molecule has 1 aromatic carbocycles. The number of hydrogen-bond donors (Lipinski definition) is 2. The zero-order valence-corrected chi connectivity index (χ0v) is 10.3. The van der Waals surface area contributed by atoms with Gasteiger partial charge < -0.3 is 0 Å². The zero-order chi connectivity index (χ0) is 12.1. The number of hydrazine groups is 1. The summed E-state index contributed by atoms with van der Waals surface area (Å²) in [6.45, 7) is 6.09. The van der Waals surface area contributed by atoms with E-state index in [2.05, 4.69) is 19.3 Å². The van der Waals surface area contributed by atoms with E-state index in [0.717, 1.165) is 18.4 Å². The molecule has 3 N–H and O–H groups in total. The minimum Gasteiger partial charge on any atom is -0.271 e. The predicted octanol–water partition coefficient (Wildman–Crippen LogP) is 3.07. The summed E-state index contributed by atoms with van der Waals surface area (Å²) in [6, 6.07) is 5.20. The van der Waals surface area contributed by atoms with E-state index in [9.17, 15) is 4.39 Å². The van der Waals surface area contributed by atoms with Crippen LogP contribution < -0.4 is 11.3 Å². The van der Waals surface area contributed by atoms with E-state index < -0.39 is 0 Å². The first kappa shape index (κ1) is 13.1. The lowest BCUT2D eigenvalue weighted by Gasteiger charge is -2.25. The maximum absolute atomic E-state index is 13.8. The fourth-order valence-corrected chi connectivity index (χ4v) is 2.12. The van der Waals surface area contributed by atoms with Gasteiger partial charge in [-0.1, -0.05) is 38.8 Å². The monoisotopic (exact) mass is 224 g/mol. The van der Waals surface area contributed by atoms with Gasteiger partial charge in [0.15, 0.2) is 0 Å². The molecule has 0 radical (unpaired) electrons. The van der Waals surface area contributed by atoms with Crippen molar-refractivity contribution in [3.05, 3.63) is 35.1 Å². The Morgan fingerprint density at radius 2 is 1.94 bits per heavy atom. The second kappa shape index (κ2) is 5.97. The highest BCUT2D eigenvalue weighted by Gasteiger charge is 2.21. The smallest absolute Gasteiger partial charge is 0.128 e. The zero-order valence-electron chi connectivity index (χ0n) is 10.3. The highest BCUT2D eigenvalue weighted by Crippen LogP contribution is 2.28. The van der Waals surface area contributed by atoms with Crippen LogP contribution in [-0.4, -0.2) is 0 Å². The maximum atomic E-state index is 13.8. The van der Waals surface area contributed by atoms with Crippen LogP contribution in [-0.2, 0) is 0 Å². The van der Waals surface area contributed by atoms with Crippen molar-refractivity contribution in [1.29, 1.82) is 0 Å². The second-order valence-corrected chi connectivity index (χ2v) is 4.25. The predicted molar refractivity (Wildman–Crippen MR) is 65.3 cm³/mol. The Bertz CT molecular complexity index is 335. The summed E-state index contributed by atoms with van der Waals surface area (Å²) in [6.07, 6.45) is 1.97. The number of nitrogens with one attached hydrogen (secondary N) is 1. The Kier molecular flexibility index (Phi) is 4.90. The molecule has 0 aliphatic carbocycles. The Labute approximate surface area is 97.0 Å². The molecule has 0 aromatic heterocycles. The fourth-order valence-electron chi connectivity index (χ4n) is 2.12. The van der Waals surface area contributed by atoms with Gasteiger partial charge in [-0.25, -0.2) is 4.39 Å². The van der Waals surface area contributed by atoms with Crippen LogP contribution in [0.25, 0.3) is 0 Å². The van der Waals surface area contributed by atoms with Crippen molar-refractivity contribution in [3.63, 3.8) is 0 Å². The van der Waals surface area contributed by atoms with Gasteiger partial charge in [0, 0.05) is 5.56 Å². The third kappa shape index (κ3) is 2.80. The number of aryl methyl sites for hydroxylation is 1. The van der Waals surface area contributed by atoms with Crippen LogP contribution in [0.1, 0.15) is 43.9 Å². The first-order valence-corrected chi connectivity index (χ1v) is 5.86. The number of nitrogens with two attached hydrogens (primary N) is 1. The lowest BCUT2D eigenvalue weighted by molar-refractivity contribution is 0.336. The van der Waals surface area contributed by atoms with E-state index in [1.807, 2.05) is 19.1 Å². The summed E-state index contributed by atoms with van der Waals surface area (Å²) >= 11 is 0. The standard InChI is InChI=1S/C13H21FN2/c1-4-10(5-2)13(16-15)11-7-6-9(3)8-12(11)14/h6-8,10,13,16H,4-5,15H2,1-3H3. The highest BCUT2D eigenvalue weighted by molar-refractivity contribution is 5.26. The van der Waals surface area contributed by atoms with Crippen LogP contribution >= 0.6 is 0 Å². The Morgan fingerprint density at radius 3 is 2.38 bits per heavy atom. The van der Waals surface area contributed by atoms with Crippen molar-refractivity contribution in [3.8, 4) is 0 Å². The Hall–Kier alpha value is -0.930. The first-order valence-electron chi connectivity index (χ1n) is 5.86. The summed E-state index contributed by atoms with van der Waals surface area (Å²) < 4.78 is 13.8. The molecule has 1 rings (SSSR count). The molecule has 16 heavy (non-hydrogen) atoms. The average molecular weight is 224 g/mol. The van der Waals surface area contributed by atoms with Crippen LogP contribution in [0.4, 0.5) is 4.39 Å². The molecule has 0 aliphatic rings. The summed E-state index contributed by atoms with van der Waals surface area (Å²) in [4.78, 5) is 0.